The van der Waals surface area contributed by atoms with Gasteiger partial charge in [0.1, 0.15) is 5.75 Å². The summed E-state index contributed by atoms with van der Waals surface area (Å²) in [7, 11) is 0. The lowest BCUT2D eigenvalue weighted by Gasteiger charge is -2.43. The summed E-state index contributed by atoms with van der Waals surface area (Å²) >= 11 is 0. The summed E-state index contributed by atoms with van der Waals surface area (Å²) in [6, 6.07) is 26.4. The first kappa shape index (κ1) is 20.3. The number of para-hydroxylation sites is 2. The summed E-state index contributed by atoms with van der Waals surface area (Å²) in [5, 5.41) is 3.75. The molecule has 3 aromatic rings. The average molecular weight is 441 g/mol. The monoisotopic (exact) mass is 440 g/mol. The Bertz CT molecular complexity index is 1180. The number of nitrogens with zero attached hydrogens (tertiary/aromatic N) is 1. The van der Waals surface area contributed by atoms with Gasteiger partial charge in [-0.15, -0.1) is 0 Å². The van der Waals surface area contributed by atoms with Crippen molar-refractivity contribution in [3.8, 4) is 5.75 Å². The maximum Gasteiger partial charge on any atom is 0.234 e. The molecule has 0 bridgehead atoms. The van der Waals surface area contributed by atoms with Gasteiger partial charge >= 0.3 is 0 Å². The molecule has 3 aliphatic heterocycles. The standard InChI is InChI=1S/C28H28N2O3/c1-2-32-24-15-9-7-13-22(24)25-28(16-20-12-6-8-14-23(20)29-25)17-21-18-33-26(30(21)27(28)31)19-10-4-3-5-11-19/h3-15,21,25-26,29H,2,16-18H2,1H3/t21-,25-,26+,28-/m1/s1. The molecule has 4 atom stereocenters. The summed E-state index contributed by atoms with van der Waals surface area (Å²) < 4.78 is 12.2. The predicted molar refractivity (Wildman–Crippen MR) is 127 cm³/mol. The molecule has 2 saturated heterocycles. The largest absolute Gasteiger partial charge is 0.494 e. The van der Waals surface area contributed by atoms with Crippen molar-refractivity contribution in [2.75, 3.05) is 18.5 Å². The second-order valence-corrected chi connectivity index (χ2v) is 9.20. The molecule has 2 fully saturated rings. The first-order valence-corrected chi connectivity index (χ1v) is 11.8. The molecule has 3 aliphatic rings. The summed E-state index contributed by atoms with van der Waals surface area (Å²) in [5.74, 6) is 1.00. The van der Waals surface area contributed by atoms with Crippen LogP contribution in [-0.4, -0.2) is 30.1 Å². The molecule has 0 saturated carbocycles. The van der Waals surface area contributed by atoms with Gasteiger partial charge in [0, 0.05) is 16.8 Å². The van der Waals surface area contributed by atoms with Crippen LogP contribution in [0.5, 0.6) is 5.75 Å². The molecular weight excluding hydrogens is 412 g/mol. The minimum atomic E-state index is -0.594. The number of carbonyl (C=O) groups is 1. The molecule has 0 aromatic heterocycles. The highest BCUT2D eigenvalue weighted by molar-refractivity contribution is 5.89. The van der Waals surface area contributed by atoms with Crippen LogP contribution in [0.4, 0.5) is 5.69 Å². The van der Waals surface area contributed by atoms with Gasteiger partial charge in [0.05, 0.1) is 30.7 Å². The Labute approximate surface area is 194 Å². The first-order chi connectivity index (χ1) is 16.2. The number of carbonyl (C=O) groups excluding carboxylic acids is 1. The Morgan fingerprint density at radius 3 is 2.64 bits per heavy atom. The average Bonchev–Trinajstić information content (AvgIpc) is 3.38. The van der Waals surface area contributed by atoms with E-state index in [2.05, 4.69) is 29.6 Å². The predicted octanol–water partition coefficient (Wildman–Crippen LogP) is 5.11. The van der Waals surface area contributed by atoms with Gasteiger partial charge in [-0.2, -0.15) is 0 Å². The molecule has 6 rings (SSSR count). The number of nitrogens with one attached hydrogen (secondary N) is 1. The highest BCUT2D eigenvalue weighted by Gasteiger charge is 2.61. The number of benzene rings is 3. The number of fused-ring (bicyclic) bond motifs is 2. The third-order valence-electron chi connectivity index (χ3n) is 7.34. The second kappa shape index (κ2) is 7.92. The highest BCUT2D eigenvalue weighted by Crippen LogP contribution is 2.57. The Kier molecular flexibility index (Phi) is 4.88. The Morgan fingerprint density at radius 1 is 1.03 bits per heavy atom. The molecule has 3 aromatic carbocycles. The Hall–Kier alpha value is -3.31. The smallest absolute Gasteiger partial charge is 0.234 e. The topological polar surface area (TPSA) is 50.8 Å². The van der Waals surface area contributed by atoms with Crippen LogP contribution in [0, 0.1) is 5.41 Å². The maximum atomic E-state index is 14.4. The zero-order valence-electron chi connectivity index (χ0n) is 18.7. The molecule has 1 amide bonds. The fourth-order valence-corrected chi connectivity index (χ4v) is 5.94. The molecular formula is C28H28N2O3. The number of ether oxygens (including phenoxy) is 2. The zero-order valence-corrected chi connectivity index (χ0v) is 18.7. The van der Waals surface area contributed by atoms with Crippen molar-refractivity contribution in [3.05, 3.63) is 95.6 Å². The van der Waals surface area contributed by atoms with Gasteiger partial charge in [-0.25, -0.2) is 0 Å². The van der Waals surface area contributed by atoms with E-state index in [1.807, 2.05) is 66.4 Å². The van der Waals surface area contributed by atoms with Crippen molar-refractivity contribution >= 4 is 11.6 Å². The normalized spacial score (nSPS) is 27.8. The van der Waals surface area contributed by atoms with Gasteiger partial charge in [0.15, 0.2) is 6.23 Å². The third kappa shape index (κ3) is 3.14. The summed E-state index contributed by atoms with van der Waals surface area (Å²) in [6.07, 6.45) is 1.12. The van der Waals surface area contributed by atoms with Crippen LogP contribution in [0.25, 0.3) is 0 Å². The molecule has 5 nitrogen and oxygen atoms in total. The Morgan fingerprint density at radius 2 is 1.79 bits per heavy atom. The summed E-state index contributed by atoms with van der Waals surface area (Å²) in [4.78, 5) is 16.4. The molecule has 1 spiro atoms. The third-order valence-corrected chi connectivity index (χ3v) is 7.34. The lowest BCUT2D eigenvalue weighted by molar-refractivity contribution is -0.143. The van der Waals surface area contributed by atoms with E-state index in [9.17, 15) is 4.79 Å². The lowest BCUT2D eigenvalue weighted by Crippen LogP contribution is -2.46. The summed E-state index contributed by atoms with van der Waals surface area (Å²) in [6.45, 7) is 3.14. The van der Waals surface area contributed by atoms with Crippen molar-refractivity contribution in [1.29, 1.82) is 0 Å². The molecule has 33 heavy (non-hydrogen) atoms. The molecule has 168 valence electrons. The minimum Gasteiger partial charge on any atom is -0.494 e. The highest BCUT2D eigenvalue weighted by atomic mass is 16.5. The minimum absolute atomic E-state index is 0.0662. The lowest BCUT2D eigenvalue weighted by atomic mass is 9.68. The van der Waals surface area contributed by atoms with Gasteiger partial charge in [-0.1, -0.05) is 66.7 Å². The van der Waals surface area contributed by atoms with E-state index in [4.69, 9.17) is 9.47 Å². The van der Waals surface area contributed by atoms with Crippen molar-refractivity contribution in [2.45, 2.75) is 38.1 Å². The molecule has 3 heterocycles. The van der Waals surface area contributed by atoms with Crippen molar-refractivity contribution < 1.29 is 14.3 Å². The molecule has 5 heteroatoms. The van der Waals surface area contributed by atoms with Crippen molar-refractivity contribution in [1.82, 2.24) is 4.90 Å². The van der Waals surface area contributed by atoms with Gasteiger partial charge in [0.2, 0.25) is 5.91 Å². The van der Waals surface area contributed by atoms with E-state index in [1.54, 1.807) is 0 Å². The van der Waals surface area contributed by atoms with Crippen molar-refractivity contribution in [2.24, 2.45) is 5.41 Å². The van der Waals surface area contributed by atoms with Gasteiger partial charge in [-0.3, -0.25) is 4.79 Å². The van der Waals surface area contributed by atoms with Crippen LogP contribution in [0.15, 0.2) is 78.9 Å². The van der Waals surface area contributed by atoms with Crippen LogP contribution in [0.1, 0.15) is 42.3 Å². The maximum absolute atomic E-state index is 14.4. The van der Waals surface area contributed by atoms with Gasteiger partial charge in [0.25, 0.3) is 0 Å². The number of hydrogen-bond donors (Lipinski definition) is 1. The second-order valence-electron chi connectivity index (χ2n) is 9.20. The van der Waals surface area contributed by atoms with E-state index in [1.165, 1.54) is 5.56 Å². The fraction of sp³-hybridized carbons (Fsp3) is 0.321. The first-order valence-electron chi connectivity index (χ1n) is 11.8. The molecule has 1 N–H and O–H groups in total. The Balaban J connectivity index is 1.46. The van der Waals surface area contributed by atoms with Gasteiger partial charge < -0.3 is 19.7 Å². The van der Waals surface area contributed by atoms with E-state index in [-0.39, 0.29) is 24.2 Å². The molecule has 0 unspecified atom stereocenters. The van der Waals surface area contributed by atoms with E-state index < -0.39 is 5.41 Å². The SMILES string of the molecule is CCOc1ccccc1[C@H]1Nc2ccccc2C[C@@]12C[C@@H]1CO[C@@H](c3ccccc3)N1C2=O. The van der Waals surface area contributed by atoms with Crippen LogP contribution >= 0.6 is 0 Å². The van der Waals surface area contributed by atoms with Crippen LogP contribution < -0.4 is 10.1 Å². The number of rotatable bonds is 4. The molecule has 0 radical (unpaired) electrons. The number of hydrogen-bond acceptors (Lipinski definition) is 4. The number of amides is 1. The van der Waals surface area contributed by atoms with Crippen LogP contribution in [0.3, 0.4) is 0 Å². The molecule has 0 aliphatic carbocycles. The van der Waals surface area contributed by atoms with Crippen LogP contribution in [0.2, 0.25) is 0 Å². The van der Waals surface area contributed by atoms with E-state index in [0.717, 1.165) is 29.0 Å². The van der Waals surface area contributed by atoms with Crippen LogP contribution in [-0.2, 0) is 16.0 Å². The fourth-order valence-electron chi connectivity index (χ4n) is 5.94. The van der Waals surface area contributed by atoms with Gasteiger partial charge in [-0.05, 0) is 37.5 Å². The summed E-state index contributed by atoms with van der Waals surface area (Å²) in [5.41, 5.74) is 3.76. The number of anilines is 1. The quantitative estimate of drug-likeness (QED) is 0.613. The zero-order chi connectivity index (χ0) is 22.4. The van der Waals surface area contributed by atoms with Crippen molar-refractivity contribution in [3.63, 3.8) is 0 Å². The van der Waals surface area contributed by atoms with E-state index in [0.29, 0.717) is 19.6 Å². The van der Waals surface area contributed by atoms with E-state index >= 15 is 0 Å².